The minimum Gasteiger partial charge on any atom is -0.329 e. The second-order valence-electron chi connectivity index (χ2n) is 4.17. The van der Waals surface area contributed by atoms with E-state index >= 15 is 0 Å². The van der Waals surface area contributed by atoms with Crippen LogP contribution < -0.4 is 5.73 Å². The van der Waals surface area contributed by atoms with Crippen LogP contribution in [0.2, 0.25) is 0 Å². The molecule has 0 fully saturated rings. The van der Waals surface area contributed by atoms with Gasteiger partial charge in [-0.25, -0.2) is 0 Å². The lowest BCUT2D eigenvalue weighted by atomic mass is 10.0. The van der Waals surface area contributed by atoms with Crippen molar-refractivity contribution in [1.82, 2.24) is 4.90 Å². The average Bonchev–Trinajstić information content (AvgIpc) is 2.21. The lowest BCUT2D eigenvalue weighted by Crippen LogP contribution is -2.43. The number of hydrogen-bond acceptors (Lipinski definition) is 2. The maximum atomic E-state index is 5.82. The van der Waals surface area contributed by atoms with Gasteiger partial charge >= 0.3 is 0 Å². The third-order valence-electron chi connectivity index (χ3n) is 3.26. The van der Waals surface area contributed by atoms with Gasteiger partial charge in [0.15, 0.2) is 0 Å². The molecule has 14 heavy (non-hydrogen) atoms. The average molecular weight is 200 g/mol. The number of likely N-dealkylation sites (N-methyl/N-ethyl adjacent to an activating group) is 1. The van der Waals surface area contributed by atoms with Gasteiger partial charge in [0, 0.05) is 18.6 Å². The number of unbranched alkanes of at least 4 members (excludes halogenated alkanes) is 1. The molecule has 2 heteroatoms. The molecule has 0 aliphatic carbocycles. The van der Waals surface area contributed by atoms with Crippen LogP contribution in [-0.4, -0.2) is 30.6 Å². The van der Waals surface area contributed by atoms with Crippen LogP contribution in [0, 0.1) is 0 Å². The molecule has 0 bridgehead atoms. The van der Waals surface area contributed by atoms with Crippen molar-refractivity contribution < 1.29 is 0 Å². The van der Waals surface area contributed by atoms with Gasteiger partial charge in [-0.05, 0) is 26.3 Å². The van der Waals surface area contributed by atoms with Gasteiger partial charge in [0.2, 0.25) is 0 Å². The monoisotopic (exact) mass is 200 g/mol. The molecule has 0 rings (SSSR count). The molecule has 0 aromatic carbocycles. The quantitative estimate of drug-likeness (QED) is 0.652. The fourth-order valence-electron chi connectivity index (χ4n) is 2.09. The Bertz CT molecular complexity index is 121. The van der Waals surface area contributed by atoms with Crippen LogP contribution in [0.15, 0.2) is 0 Å². The van der Waals surface area contributed by atoms with E-state index in [9.17, 15) is 0 Å². The highest BCUT2D eigenvalue weighted by Crippen LogP contribution is 2.13. The summed E-state index contributed by atoms with van der Waals surface area (Å²) in [7, 11) is 2.23. The Morgan fingerprint density at radius 2 is 1.64 bits per heavy atom. The van der Waals surface area contributed by atoms with E-state index in [0.29, 0.717) is 12.1 Å². The summed E-state index contributed by atoms with van der Waals surface area (Å²) in [6.07, 6.45) is 6.28. The maximum absolute atomic E-state index is 5.82. The molecule has 86 valence electrons. The molecule has 2 N–H and O–H groups in total. The molecule has 0 heterocycles. The Hall–Kier alpha value is -0.0800. The Morgan fingerprint density at radius 1 is 1.07 bits per heavy atom. The van der Waals surface area contributed by atoms with Crippen molar-refractivity contribution in [2.75, 3.05) is 13.6 Å². The van der Waals surface area contributed by atoms with Gasteiger partial charge < -0.3 is 5.73 Å². The molecule has 2 nitrogen and oxygen atoms in total. The molecule has 0 aromatic rings. The SMILES string of the molecule is CCCCC(CN)N(C)C(CC)CC. The van der Waals surface area contributed by atoms with E-state index in [-0.39, 0.29) is 0 Å². The van der Waals surface area contributed by atoms with E-state index in [1.807, 2.05) is 0 Å². The van der Waals surface area contributed by atoms with Crippen molar-refractivity contribution in [3.8, 4) is 0 Å². The predicted molar refractivity (Wildman–Crippen MR) is 64.5 cm³/mol. The number of nitrogens with zero attached hydrogens (tertiary/aromatic N) is 1. The van der Waals surface area contributed by atoms with Crippen LogP contribution in [0.25, 0.3) is 0 Å². The highest BCUT2D eigenvalue weighted by atomic mass is 15.2. The van der Waals surface area contributed by atoms with E-state index in [1.165, 1.54) is 32.1 Å². The number of hydrogen-bond donors (Lipinski definition) is 1. The molecule has 0 saturated carbocycles. The van der Waals surface area contributed by atoms with Crippen LogP contribution in [0.4, 0.5) is 0 Å². The summed E-state index contributed by atoms with van der Waals surface area (Å²) >= 11 is 0. The third-order valence-corrected chi connectivity index (χ3v) is 3.26. The minimum absolute atomic E-state index is 0.583. The van der Waals surface area contributed by atoms with E-state index in [0.717, 1.165) is 6.54 Å². The highest BCUT2D eigenvalue weighted by molar-refractivity contribution is 4.75. The van der Waals surface area contributed by atoms with Crippen LogP contribution in [0.5, 0.6) is 0 Å². The zero-order valence-corrected chi connectivity index (χ0v) is 10.4. The molecule has 0 spiro atoms. The maximum Gasteiger partial charge on any atom is 0.0218 e. The lowest BCUT2D eigenvalue weighted by molar-refractivity contribution is 0.157. The number of rotatable bonds is 8. The summed E-state index contributed by atoms with van der Waals surface area (Å²) in [6.45, 7) is 7.56. The second kappa shape index (κ2) is 8.25. The van der Waals surface area contributed by atoms with Gasteiger partial charge in [-0.2, -0.15) is 0 Å². The molecule has 0 saturated heterocycles. The second-order valence-corrected chi connectivity index (χ2v) is 4.17. The number of nitrogens with two attached hydrogens (primary N) is 1. The first-order chi connectivity index (χ1) is 6.71. The Morgan fingerprint density at radius 3 is 2.00 bits per heavy atom. The Labute approximate surface area is 89.9 Å². The van der Waals surface area contributed by atoms with Gasteiger partial charge in [0.05, 0.1) is 0 Å². The van der Waals surface area contributed by atoms with Gasteiger partial charge in [-0.1, -0.05) is 33.6 Å². The molecule has 0 amide bonds. The van der Waals surface area contributed by atoms with Crippen molar-refractivity contribution in [2.24, 2.45) is 5.73 Å². The standard InChI is InChI=1S/C12H28N2/c1-5-8-9-12(10-13)14(4)11(6-2)7-3/h11-12H,5-10,13H2,1-4H3. The predicted octanol–water partition coefficient (Wildman–Crippen LogP) is 2.62. The molecule has 0 radical (unpaired) electrons. The molecular weight excluding hydrogens is 172 g/mol. The van der Waals surface area contributed by atoms with Crippen molar-refractivity contribution in [2.45, 2.75) is 65.0 Å². The van der Waals surface area contributed by atoms with Crippen LogP contribution in [-0.2, 0) is 0 Å². The first kappa shape index (κ1) is 13.9. The summed E-state index contributed by atoms with van der Waals surface area (Å²) in [6, 6.07) is 1.29. The fourth-order valence-corrected chi connectivity index (χ4v) is 2.09. The normalized spacial score (nSPS) is 13.9. The Balaban J connectivity index is 4.06. The zero-order valence-electron chi connectivity index (χ0n) is 10.4. The summed E-state index contributed by atoms with van der Waals surface area (Å²) in [5.41, 5.74) is 5.82. The molecule has 0 aliphatic rings. The fraction of sp³-hybridized carbons (Fsp3) is 1.00. The molecule has 0 aliphatic heterocycles. The molecular formula is C12H28N2. The summed E-state index contributed by atoms with van der Waals surface area (Å²) in [4.78, 5) is 2.48. The third kappa shape index (κ3) is 4.43. The largest absolute Gasteiger partial charge is 0.329 e. The van der Waals surface area contributed by atoms with E-state index in [4.69, 9.17) is 5.73 Å². The summed E-state index contributed by atoms with van der Waals surface area (Å²) in [5.74, 6) is 0. The topological polar surface area (TPSA) is 29.3 Å². The molecule has 1 unspecified atom stereocenters. The van der Waals surface area contributed by atoms with Crippen molar-refractivity contribution in [1.29, 1.82) is 0 Å². The van der Waals surface area contributed by atoms with Gasteiger partial charge in [0.1, 0.15) is 0 Å². The highest BCUT2D eigenvalue weighted by Gasteiger charge is 2.18. The first-order valence-corrected chi connectivity index (χ1v) is 6.13. The zero-order chi connectivity index (χ0) is 11.0. The van der Waals surface area contributed by atoms with E-state index < -0.39 is 0 Å². The summed E-state index contributed by atoms with van der Waals surface area (Å²) < 4.78 is 0. The van der Waals surface area contributed by atoms with Gasteiger partial charge in [-0.15, -0.1) is 0 Å². The molecule has 0 aromatic heterocycles. The van der Waals surface area contributed by atoms with Crippen LogP contribution >= 0.6 is 0 Å². The van der Waals surface area contributed by atoms with Crippen molar-refractivity contribution in [3.63, 3.8) is 0 Å². The Kier molecular flexibility index (Phi) is 8.20. The van der Waals surface area contributed by atoms with E-state index in [1.54, 1.807) is 0 Å². The van der Waals surface area contributed by atoms with Crippen molar-refractivity contribution in [3.05, 3.63) is 0 Å². The van der Waals surface area contributed by atoms with Gasteiger partial charge in [0.25, 0.3) is 0 Å². The van der Waals surface area contributed by atoms with Crippen LogP contribution in [0.3, 0.4) is 0 Å². The van der Waals surface area contributed by atoms with E-state index in [2.05, 4.69) is 32.7 Å². The lowest BCUT2D eigenvalue weighted by Gasteiger charge is -2.33. The smallest absolute Gasteiger partial charge is 0.0218 e. The van der Waals surface area contributed by atoms with Crippen LogP contribution in [0.1, 0.15) is 52.9 Å². The molecule has 1 atom stereocenters. The van der Waals surface area contributed by atoms with Crippen molar-refractivity contribution >= 4 is 0 Å². The minimum atomic E-state index is 0.583. The summed E-state index contributed by atoms with van der Waals surface area (Å²) in [5, 5.41) is 0. The van der Waals surface area contributed by atoms with Gasteiger partial charge in [-0.3, -0.25) is 4.90 Å². The first-order valence-electron chi connectivity index (χ1n) is 6.13.